The topological polar surface area (TPSA) is 43.6 Å². The van der Waals surface area contributed by atoms with E-state index in [9.17, 15) is 0 Å². The molecule has 0 saturated heterocycles. The van der Waals surface area contributed by atoms with Gasteiger partial charge in [-0.15, -0.1) is 21.5 Å². The van der Waals surface area contributed by atoms with E-state index in [1.165, 1.54) is 10.3 Å². The summed E-state index contributed by atoms with van der Waals surface area (Å²) in [7, 11) is 0. The molecule has 0 unspecified atom stereocenters. The molecule has 2 aromatic heterocycles. The van der Waals surface area contributed by atoms with E-state index < -0.39 is 0 Å². The van der Waals surface area contributed by atoms with Crippen LogP contribution < -0.4 is 0 Å². The largest absolute Gasteiger partial charge is 0.306 e. The first kappa shape index (κ1) is 16.3. The second-order valence-electron chi connectivity index (χ2n) is 5.67. The van der Waals surface area contributed by atoms with Crippen LogP contribution in [-0.2, 0) is 18.7 Å². The lowest BCUT2D eigenvalue weighted by atomic mass is 10.1. The average molecular weight is 367 g/mol. The Hall–Kier alpha value is -2.18. The van der Waals surface area contributed by atoms with Crippen molar-refractivity contribution < 1.29 is 0 Å². The molecule has 0 aliphatic heterocycles. The quantitative estimate of drug-likeness (QED) is 0.460. The van der Waals surface area contributed by atoms with Crippen molar-refractivity contribution in [3.63, 3.8) is 0 Å². The van der Waals surface area contributed by atoms with Crippen molar-refractivity contribution in [2.24, 2.45) is 0 Å². The number of benzene rings is 2. The summed E-state index contributed by atoms with van der Waals surface area (Å²) in [4.78, 5) is 4.70. The second-order valence-corrected chi connectivity index (χ2v) is 7.73. The molecule has 0 saturated carbocycles. The molecule has 126 valence electrons. The summed E-state index contributed by atoms with van der Waals surface area (Å²) >= 11 is 3.46. The highest BCUT2D eigenvalue weighted by molar-refractivity contribution is 7.98. The molecule has 0 fully saturated rings. The molecule has 0 amide bonds. The zero-order chi connectivity index (χ0) is 17.1. The predicted molar refractivity (Wildman–Crippen MR) is 104 cm³/mol. The fourth-order valence-electron chi connectivity index (χ4n) is 2.76. The second kappa shape index (κ2) is 7.37. The highest BCUT2D eigenvalue weighted by atomic mass is 32.2. The van der Waals surface area contributed by atoms with E-state index in [0.717, 1.165) is 40.2 Å². The fraction of sp³-hybridized carbons (Fsp3) is 0.211. The number of hydrogen-bond acceptors (Lipinski definition) is 5. The van der Waals surface area contributed by atoms with Gasteiger partial charge in [-0.05, 0) is 24.6 Å². The summed E-state index contributed by atoms with van der Waals surface area (Å²) in [6.45, 7) is 3.01. The van der Waals surface area contributed by atoms with E-state index in [0.29, 0.717) is 0 Å². The highest BCUT2D eigenvalue weighted by Crippen LogP contribution is 2.28. The number of nitrogens with zero attached hydrogens (tertiary/aromatic N) is 4. The maximum Gasteiger partial charge on any atom is 0.191 e. The third kappa shape index (κ3) is 3.60. The first-order chi connectivity index (χ1) is 12.3. The van der Waals surface area contributed by atoms with Crippen LogP contribution in [0, 0.1) is 0 Å². The number of para-hydroxylation sites is 1. The molecule has 0 atom stereocenters. The average Bonchev–Trinajstić information content (AvgIpc) is 3.23. The molecule has 0 bridgehead atoms. The molecule has 2 aromatic carbocycles. The van der Waals surface area contributed by atoms with E-state index in [1.807, 2.05) is 12.1 Å². The van der Waals surface area contributed by atoms with Gasteiger partial charge in [-0.3, -0.25) is 0 Å². The van der Waals surface area contributed by atoms with Crippen molar-refractivity contribution in [1.29, 1.82) is 0 Å². The first-order valence-electron chi connectivity index (χ1n) is 8.26. The van der Waals surface area contributed by atoms with Crippen molar-refractivity contribution in [2.75, 3.05) is 0 Å². The van der Waals surface area contributed by atoms with E-state index in [1.54, 1.807) is 23.1 Å². The summed E-state index contributed by atoms with van der Waals surface area (Å²) in [5.41, 5.74) is 2.33. The SMILES string of the molecule is CCn1c(Cc2ccccc2)nnc1SCc1nc2ccccc2s1. The van der Waals surface area contributed by atoms with Gasteiger partial charge in [-0.1, -0.05) is 54.2 Å². The molecule has 0 N–H and O–H groups in total. The van der Waals surface area contributed by atoms with Gasteiger partial charge in [0.15, 0.2) is 5.16 Å². The van der Waals surface area contributed by atoms with Gasteiger partial charge in [-0.25, -0.2) is 4.98 Å². The van der Waals surface area contributed by atoms with Gasteiger partial charge < -0.3 is 4.57 Å². The van der Waals surface area contributed by atoms with Gasteiger partial charge in [-0.2, -0.15) is 0 Å². The monoisotopic (exact) mass is 366 g/mol. The van der Waals surface area contributed by atoms with Crippen molar-refractivity contribution in [3.8, 4) is 0 Å². The number of rotatable bonds is 6. The van der Waals surface area contributed by atoms with Gasteiger partial charge >= 0.3 is 0 Å². The van der Waals surface area contributed by atoms with E-state index in [4.69, 9.17) is 4.98 Å². The zero-order valence-electron chi connectivity index (χ0n) is 13.9. The number of aromatic nitrogens is 4. The molecule has 4 rings (SSSR count). The Morgan fingerprint density at radius 1 is 1.00 bits per heavy atom. The van der Waals surface area contributed by atoms with Crippen LogP contribution in [-0.4, -0.2) is 19.7 Å². The van der Waals surface area contributed by atoms with E-state index in [-0.39, 0.29) is 0 Å². The van der Waals surface area contributed by atoms with Gasteiger partial charge in [0.1, 0.15) is 10.8 Å². The molecular formula is C19H18N4S2. The summed E-state index contributed by atoms with van der Waals surface area (Å²) in [5.74, 6) is 1.84. The molecule has 0 spiro atoms. The third-order valence-electron chi connectivity index (χ3n) is 3.98. The van der Waals surface area contributed by atoms with Crippen LogP contribution in [0.5, 0.6) is 0 Å². The van der Waals surface area contributed by atoms with Crippen LogP contribution in [0.15, 0.2) is 59.8 Å². The molecule has 4 nitrogen and oxygen atoms in total. The first-order valence-corrected chi connectivity index (χ1v) is 10.1. The summed E-state index contributed by atoms with van der Waals surface area (Å²) < 4.78 is 3.44. The zero-order valence-corrected chi connectivity index (χ0v) is 15.6. The Balaban J connectivity index is 1.50. The Morgan fingerprint density at radius 3 is 2.60 bits per heavy atom. The lowest BCUT2D eigenvalue weighted by Crippen LogP contribution is -2.04. The highest BCUT2D eigenvalue weighted by Gasteiger charge is 2.13. The minimum Gasteiger partial charge on any atom is -0.306 e. The van der Waals surface area contributed by atoms with E-state index in [2.05, 4.69) is 64.2 Å². The van der Waals surface area contributed by atoms with Crippen LogP contribution in [0.2, 0.25) is 0 Å². The minimum absolute atomic E-state index is 0.809. The fourth-order valence-corrected chi connectivity index (χ4v) is 4.74. The number of thiazole rings is 1. The molecule has 0 aliphatic rings. The maximum absolute atomic E-state index is 4.70. The Bertz CT molecular complexity index is 942. The lowest BCUT2D eigenvalue weighted by Gasteiger charge is -2.06. The molecule has 4 aromatic rings. The molecule has 0 aliphatic carbocycles. The van der Waals surface area contributed by atoms with E-state index >= 15 is 0 Å². The predicted octanol–water partition coefficient (Wildman–Crippen LogP) is 4.79. The molecule has 0 radical (unpaired) electrons. The van der Waals surface area contributed by atoms with Crippen molar-refractivity contribution in [2.45, 2.75) is 30.8 Å². The Morgan fingerprint density at radius 2 is 1.80 bits per heavy atom. The van der Waals surface area contributed by atoms with Crippen molar-refractivity contribution in [3.05, 3.63) is 71.0 Å². The number of hydrogen-bond donors (Lipinski definition) is 0. The Kier molecular flexibility index (Phi) is 4.81. The third-order valence-corrected chi connectivity index (χ3v) is 6.17. The van der Waals surface area contributed by atoms with Crippen LogP contribution in [0.25, 0.3) is 10.2 Å². The molecule has 6 heteroatoms. The maximum atomic E-state index is 4.70. The molecule has 2 heterocycles. The summed E-state index contributed by atoms with van der Waals surface area (Å²) in [6.07, 6.45) is 0.809. The van der Waals surface area contributed by atoms with Crippen LogP contribution in [0.3, 0.4) is 0 Å². The summed E-state index contributed by atoms with van der Waals surface area (Å²) in [6, 6.07) is 18.7. The van der Waals surface area contributed by atoms with Gasteiger partial charge in [0.05, 0.1) is 16.0 Å². The smallest absolute Gasteiger partial charge is 0.191 e. The standard InChI is InChI=1S/C19H18N4S2/c1-2-23-17(12-14-8-4-3-5-9-14)21-22-19(23)24-13-18-20-15-10-6-7-11-16(15)25-18/h3-11H,2,12-13H2,1H3. The Labute approximate surface area is 154 Å². The normalized spacial score (nSPS) is 11.2. The van der Waals surface area contributed by atoms with Gasteiger partial charge in [0.25, 0.3) is 0 Å². The van der Waals surface area contributed by atoms with Crippen molar-refractivity contribution >= 4 is 33.3 Å². The number of fused-ring (bicyclic) bond motifs is 1. The molecular weight excluding hydrogens is 348 g/mol. The van der Waals surface area contributed by atoms with Gasteiger partial charge in [0, 0.05) is 13.0 Å². The van der Waals surface area contributed by atoms with Crippen LogP contribution >= 0.6 is 23.1 Å². The van der Waals surface area contributed by atoms with Crippen LogP contribution in [0.1, 0.15) is 23.3 Å². The molecule has 25 heavy (non-hydrogen) atoms. The lowest BCUT2D eigenvalue weighted by molar-refractivity contribution is 0.651. The van der Waals surface area contributed by atoms with Gasteiger partial charge in [0.2, 0.25) is 0 Å². The summed E-state index contributed by atoms with van der Waals surface area (Å²) in [5, 5.41) is 10.9. The number of thioether (sulfide) groups is 1. The van der Waals surface area contributed by atoms with Crippen molar-refractivity contribution in [1.82, 2.24) is 19.7 Å². The van der Waals surface area contributed by atoms with Crippen LogP contribution in [0.4, 0.5) is 0 Å². The minimum atomic E-state index is 0.809.